The molecule has 1 atom stereocenters. The van der Waals surface area contributed by atoms with E-state index in [9.17, 15) is 14.0 Å². The van der Waals surface area contributed by atoms with E-state index in [1.54, 1.807) is 29.7 Å². The fourth-order valence-electron chi connectivity index (χ4n) is 3.22. The molecule has 0 aliphatic carbocycles. The predicted molar refractivity (Wildman–Crippen MR) is 95.5 cm³/mol. The Labute approximate surface area is 150 Å². The molecule has 1 aliphatic rings. The van der Waals surface area contributed by atoms with Crippen LogP contribution in [0.3, 0.4) is 0 Å². The van der Waals surface area contributed by atoms with Crippen LogP contribution in [0, 0.1) is 11.7 Å². The maximum atomic E-state index is 13.2. The van der Waals surface area contributed by atoms with Crippen molar-refractivity contribution in [3.8, 4) is 0 Å². The van der Waals surface area contributed by atoms with Crippen molar-refractivity contribution >= 4 is 23.2 Å². The summed E-state index contributed by atoms with van der Waals surface area (Å²) in [5, 5.41) is 11.6. The van der Waals surface area contributed by atoms with Crippen LogP contribution in [-0.4, -0.2) is 23.1 Å². The molecule has 136 valence electrons. The minimum atomic E-state index is -0.655. The van der Waals surface area contributed by atoms with E-state index in [1.807, 2.05) is 18.7 Å². The first kappa shape index (κ1) is 17.9. The van der Waals surface area contributed by atoms with Gasteiger partial charge in [-0.05, 0) is 41.8 Å². The Balaban J connectivity index is 2.02. The van der Waals surface area contributed by atoms with Gasteiger partial charge in [0.2, 0.25) is 5.91 Å². The summed E-state index contributed by atoms with van der Waals surface area (Å²) >= 11 is 0. The molecule has 26 heavy (non-hydrogen) atoms. The SMILES string of the molecule is CC(C)C1C(=O)Nc2cc(C(=O)NO)ccc2N1Cc1ccc(F)cc1. The van der Waals surface area contributed by atoms with Crippen LogP contribution >= 0.6 is 0 Å². The van der Waals surface area contributed by atoms with E-state index in [4.69, 9.17) is 5.21 Å². The lowest BCUT2D eigenvalue weighted by Crippen LogP contribution is -2.50. The van der Waals surface area contributed by atoms with E-state index in [-0.39, 0.29) is 23.2 Å². The molecule has 3 rings (SSSR count). The number of benzene rings is 2. The number of rotatable bonds is 4. The fraction of sp³-hybridized carbons (Fsp3) is 0.263. The largest absolute Gasteiger partial charge is 0.353 e. The third-order valence-electron chi connectivity index (χ3n) is 4.43. The molecule has 0 spiro atoms. The standard InChI is InChI=1S/C19H20FN3O3/c1-11(2)17-19(25)21-15-9-13(18(24)22-26)5-8-16(15)23(17)10-12-3-6-14(20)7-4-12/h3-9,11,17,26H,10H2,1-2H3,(H,21,25)(H,22,24). The Bertz CT molecular complexity index is 836. The van der Waals surface area contributed by atoms with Crippen molar-refractivity contribution in [3.05, 3.63) is 59.4 Å². The molecule has 0 aromatic heterocycles. The quantitative estimate of drug-likeness (QED) is 0.580. The first-order valence-corrected chi connectivity index (χ1v) is 8.31. The van der Waals surface area contributed by atoms with Gasteiger partial charge in [0.25, 0.3) is 5.91 Å². The van der Waals surface area contributed by atoms with Crippen LogP contribution in [0.25, 0.3) is 0 Å². The van der Waals surface area contributed by atoms with Gasteiger partial charge in [-0.2, -0.15) is 0 Å². The minimum Gasteiger partial charge on any atom is -0.353 e. The number of halogens is 1. The van der Waals surface area contributed by atoms with Gasteiger partial charge in [0, 0.05) is 12.1 Å². The van der Waals surface area contributed by atoms with Gasteiger partial charge in [0.05, 0.1) is 11.4 Å². The van der Waals surface area contributed by atoms with Crippen molar-refractivity contribution in [2.45, 2.75) is 26.4 Å². The summed E-state index contributed by atoms with van der Waals surface area (Å²) in [5.41, 5.74) is 3.95. The van der Waals surface area contributed by atoms with Gasteiger partial charge in [-0.15, -0.1) is 0 Å². The topological polar surface area (TPSA) is 81.7 Å². The summed E-state index contributed by atoms with van der Waals surface area (Å²) in [6, 6.07) is 10.6. The van der Waals surface area contributed by atoms with E-state index in [0.717, 1.165) is 11.3 Å². The molecule has 0 saturated carbocycles. The number of hydroxylamine groups is 1. The first-order chi connectivity index (χ1) is 12.4. The maximum Gasteiger partial charge on any atom is 0.274 e. The van der Waals surface area contributed by atoms with Crippen LogP contribution < -0.4 is 15.7 Å². The van der Waals surface area contributed by atoms with Crippen molar-refractivity contribution in [3.63, 3.8) is 0 Å². The van der Waals surface area contributed by atoms with Gasteiger partial charge >= 0.3 is 0 Å². The van der Waals surface area contributed by atoms with E-state index >= 15 is 0 Å². The van der Waals surface area contributed by atoms with E-state index in [0.29, 0.717) is 12.2 Å². The fourth-order valence-corrected chi connectivity index (χ4v) is 3.22. The third kappa shape index (κ3) is 3.39. The molecule has 2 amide bonds. The second-order valence-electron chi connectivity index (χ2n) is 6.61. The maximum absolute atomic E-state index is 13.2. The minimum absolute atomic E-state index is 0.0454. The van der Waals surface area contributed by atoms with E-state index < -0.39 is 11.9 Å². The first-order valence-electron chi connectivity index (χ1n) is 8.31. The van der Waals surface area contributed by atoms with Crippen molar-refractivity contribution < 1.29 is 19.2 Å². The molecule has 2 aromatic rings. The molecule has 0 fully saturated rings. The summed E-state index contributed by atoms with van der Waals surface area (Å²) in [7, 11) is 0. The normalized spacial score (nSPS) is 16.3. The lowest BCUT2D eigenvalue weighted by molar-refractivity contribution is -0.118. The number of amides is 2. The Kier molecular flexibility index (Phi) is 4.90. The zero-order valence-electron chi connectivity index (χ0n) is 14.5. The van der Waals surface area contributed by atoms with Gasteiger partial charge < -0.3 is 10.2 Å². The van der Waals surface area contributed by atoms with Gasteiger partial charge in [-0.3, -0.25) is 14.8 Å². The molecular formula is C19H20FN3O3. The number of carbonyl (C=O) groups is 2. The Morgan fingerprint density at radius 2 is 1.96 bits per heavy atom. The molecule has 7 heteroatoms. The zero-order chi connectivity index (χ0) is 18.8. The third-order valence-corrected chi connectivity index (χ3v) is 4.43. The molecule has 0 radical (unpaired) electrons. The molecule has 1 heterocycles. The number of nitrogens with zero attached hydrogens (tertiary/aromatic N) is 1. The van der Waals surface area contributed by atoms with Crippen LogP contribution in [0.1, 0.15) is 29.8 Å². The van der Waals surface area contributed by atoms with Crippen molar-refractivity contribution in [1.82, 2.24) is 5.48 Å². The zero-order valence-corrected chi connectivity index (χ0v) is 14.5. The number of carbonyl (C=O) groups excluding carboxylic acids is 2. The molecule has 6 nitrogen and oxygen atoms in total. The number of fused-ring (bicyclic) bond motifs is 1. The number of nitrogens with one attached hydrogen (secondary N) is 2. The highest BCUT2D eigenvalue weighted by atomic mass is 19.1. The van der Waals surface area contributed by atoms with Crippen LogP contribution in [0.5, 0.6) is 0 Å². The van der Waals surface area contributed by atoms with E-state index in [1.165, 1.54) is 18.2 Å². The molecule has 0 saturated heterocycles. The van der Waals surface area contributed by atoms with Crippen molar-refractivity contribution in [2.75, 3.05) is 10.2 Å². The van der Waals surface area contributed by atoms with Crippen molar-refractivity contribution in [2.24, 2.45) is 5.92 Å². The summed E-state index contributed by atoms with van der Waals surface area (Å²) in [6.45, 7) is 4.34. The lowest BCUT2D eigenvalue weighted by atomic mass is 9.96. The average molecular weight is 357 g/mol. The number of hydrogen-bond acceptors (Lipinski definition) is 4. The molecule has 1 unspecified atom stereocenters. The van der Waals surface area contributed by atoms with Gasteiger partial charge in [-0.25, -0.2) is 9.87 Å². The van der Waals surface area contributed by atoms with Crippen LogP contribution in [-0.2, 0) is 11.3 Å². The second kappa shape index (κ2) is 7.13. The summed E-state index contributed by atoms with van der Waals surface area (Å²) < 4.78 is 13.2. The highest BCUT2D eigenvalue weighted by Crippen LogP contribution is 2.36. The summed E-state index contributed by atoms with van der Waals surface area (Å²) in [5.74, 6) is -1.09. The van der Waals surface area contributed by atoms with Gasteiger partial charge in [-0.1, -0.05) is 26.0 Å². The number of anilines is 2. The van der Waals surface area contributed by atoms with Crippen LogP contribution in [0.15, 0.2) is 42.5 Å². The summed E-state index contributed by atoms with van der Waals surface area (Å²) in [4.78, 5) is 26.2. The monoisotopic (exact) mass is 357 g/mol. The Morgan fingerprint density at radius 3 is 2.58 bits per heavy atom. The lowest BCUT2D eigenvalue weighted by Gasteiger charge is -2.40. The molecule has 0 bridgehead atoms. The highest BCUT2D eigenvalue weighted by Gasteiger charge is 2.35. The van der Waals surface area contributed by atoms with Gasteiger partial charge in [0.1, 0.15) is 11.9 Å². The van der Waals surface area contributed by atoms with E-state index in [2.05, 4.69) is 5.32 Å². The van der Waals surface area contributed by atoms with Gasteiger partial charge in [0.15, 0.2) is 0 Å². The Morgan fingerprint density at radius 1 is 1.27 bits per heavy atom. The van der Waals surface area contributed by atoms with Crippen molar-refractivity contribution in [1.29, 1.82) is 0 Å². The molecule has 2 aromatic carbocycles. The molecule has 3 N–H and O–H groups in total. The average Bonchev–Trinajstić information content (AvgIpc) is 2.61. The van der Waals surface area contributed by atoms with Crippen LogP contribution in [0.2, 0.25) is 0 Å². The second-order valence-corrected chi connectivity index (χ2v) is 6.61. The Hall–Kier alpha value is -2.93. The smallest absolute Gasteiger partial charge is 0.274 e. The molecular weight excluding hydrogens is 337 g/mol. The van der Waals surface area contributed by atoms with Crippen LogP contribution in [0.4, 0.5) is 15.8 Å². The molecule has 1 aliphatic heterocycles. The number of hydrogen-bond donors (Lipinski definition) is 3. The summed E-state index contributed by atoms with van der Waals surface area (Å²) in [6.07, 6.45) is 0. The predicted octanol–water partition coefficient (Wildman–Crippen LogP) is 2.93. The highest BCUT2D eigenvalue weighted by molar-refractivity contribution is 6.05.